The fraction of sp³-hybridized carbons (Fsp3) is 0.737. The highest BCUT2D eigenvalue weighted by molar-refractivity contribution is 5.70. The van der Waals surface area contributed by atoms with Gasteiger partial charge in [-0.1, -0.05) is 140 Å². The number of aliphatic hydroxyl groups excluding tert-OH is 2. The Kier molecular flexibility index (Phi) is 30.6. The summed E-state index contributed by atoms with van der Waals surface area (Å²) in [5, 5.41) is 19.5. The highest BCUT2D eigenvalue weighted by atomic mass is 16.6. The van der Waals surface area contributed by atoms with Crippen molar-refractivity contribution in [2.75, 3.05) is 13.2 Å². The number of carbonyl (C=O) groups is 2. The highest BCUT2D eigenvalue weighted by Crippen LogP contribution is 2.15. The largest absolute Gasteiger partial charge is 0.462 e. The molecule has 0 saturated heterocycles. The minimum absolute atomic E-state index is 0.106. The van der Waals surface area contributed by atoms with Crippen LogP contribution in [0.2, 0.25) is 0 Å². The van der Waals surface area contributed by atoms with Gasteiger partial charge in [-0.25, -0.2) is 0 Å². The van der Waals surface area contributed by atoms with Gasteiger partial charge in [0.2, 0.25) is 0 Å². The number of ether oxygens (including phenoxy) is 2. The summed E-state index contributed by atoms with van der Waals surface area (Å²) in [6, 6.07) is 0. The molecule has 1 unspecified atom stereocenters. The van der Waals surface area contributed by atoms with E-state index in [0.29, 0.717) is 19.3 Å². The summed E-state index contributed by atoms with van der Waals surface area (Å²) in [6.07, 6.45) is 34.8. The van der Waals surface area contributed by atoms with Crippen molar-refractivity contribution in [2.24, 2.45) is 5.92 Å². The van der Waals surface area contributed by atoms with E-state index >= 15 is 0 Å². The molecular formula is C38H66O6. The Balaban J connectivity index is 3.80. The molecule has 0 aromatic heterocycles. The van der Waals surface area contributed by atoms with Gasteiger partial charge < -0.3 is 19.7 Å². The van der Waals surface area contributed by atoms with Gasteiger partial charge in [0.25, 0.3) is 0 Å². The molecule has 44 heavy (non-hydrogen) atoms. The van der Waals surface area contributed by atoms with E-state index in [0.717, 1.165) is 44.4 Å². The van der Waals surface area contributed by atoms with Crippen molar-refractivity contribution in [3.63, 3.8) is 0 Å². The van der Waals surface area contributed by atoms with E-state index in [9.17, 15) is 19.8 Å². The maximum absolute atomic E-state index is 12.1. The zero-order valence-corrected chi connectivity index (χ0v) is 28.4. The number of carbonyl (C=O) groups excluding carboxylic acids is 2. The molecule has 0 aliphatic heterocycles. The van der Waals surface area contributed by atoms with Crippen molar-refractivity contribution in [3.8, 4) is 0 Å². The Morgan fingerprint density at radius 3 is 2.09 bits per heavy atom. The third-order valence-corrected chi connectivity index (χ3v) is 7.75. The average Bonchev–Trinajstić information content (AvgIpc) is 3.02. The van der Waals surface area contributed by atoms with Crippen LogP contribution in [0.25, 0.3) is 0 Å². The number of unbranched alkanes of at least 4 members (excludes halogenated alkanes) is 11. The summed E-state index contributed by atoms with van der Waals surface area (Å²) in [4.78, 5) is 24.1. The summed E-state index contributed by atoms with van der Waals surface area (Å²) in [6.45, 7) is 6.30. The lowest BCUT2D eigenvalue weighted by atomic mass is 9.99. The quantitative estimate of drug-likeness (QED) is 0.0360. The first-order valence-corrected chi connectivity index (χ1v) is 17.7. The molecule has 0 fully saturated rings. The molecule has 0 aromatic carbocycles. The van der Waals surface area contributed by atoms with E-state index in [1.807, 2.05) is 36.5 Å². The van der Waals surface area contributed by atoms with Crippen molar-refractivity contribution in [1.82, 2.24) is 0 Å². The van der Waals surface area contributed by atoms with Crippen molar-refractivity contribution >= 4 is 11.9 Å². The predicted octanol–water partition coefficient (Wildman–Crippen LogP) is 9.50. The monoisotopic (exact) mass is 618 g/mol. The first kappa shape index (κ1) is 41.8. The second-order valence-electron chi connectivity index (χ2n) is 12.0. The summed E-state index contributed by atoms with van der Waals surface area (Å²) < 4.78 is 10.5. The third-order valence-electron chi connectivity index (χ3n) is 7.75. The van der Waals surface area contributed by atoms with Crippen molar-refractivity contribution in [3.05, 3.63) is 48.6 Å². The minimum atomic E-state index is -0.819. The standard InChI is InChI=1S/C38H66O6/c1-4-6-7-8-18-23-28-35(40)29-24-19-14-10-12-16-21-26-31-38(42)44-36(32-39)33-43-37(41)30-25-20-15-11-9-13-17-22-27-34(3)5-2/h12,14,16,18-19,23-24,29,34-36,39-40H,4-11,13,15,17,20-22,25-28,30-33H2,1-3H3/b16-12-,19-14-,23-18-,29-24+/t34?,35-,36-/m0/s1. The van der Waals surface area contributed by atoms with E-state index in [2.05, 4.69) is 26.8 Å². The van der Waals surface area contributed by atoms with E-state index < -0.39 is 18.2 Å². The molecule has 0 spiro atoms. The Bertz CT molecular complexity index is 784. The normalized spacial score (nSPS) is 14.2. The van der Waals surface area contributed by atoms with E-state index in [1.54, 1.807) is 6.08 Å². The third kappa shape index (κ3) is 29.9. The molecule has 6 nitrogen and oxygen atoms in total. The predicted molar refractivity (Wildman–Crippen MR) is 183 cm³/mol. The van der Waals surface area contributed by atoms with Crippen LogP contribution >= 0.6 is 0 Å². The van der Waals surface area contributed by atoms with Crippen LogP contribution in [-0.4, -0.2) is 47.6 Å². The first-order valence-electron chi connectivity index (χ1n) is 17.7. The fourth-order valence-electron chi connectivity index (χ4n) is 4.60. The van der Waals surface area contributed by atoms with Crippen LogP contribution in [0.1, 0.15) is 149 Å². The van der Waals surface area contributed by atoms with Gasteiger partial charge in [-0.15, -0.1) is 0 Å². The minimum Gasteiger partial charge on any atom is -0.462 e. The first-order chi connectivity index (χ1) is 21.4. The lowest BCUT2D eigenvalue weighted by Gasteiger charge is -2.15. The smallest absolute Gasteiger partial charge is 0.306 e. The zero-order valence-electron chi connectivity index (χ0n) is 28.4. The van der Waals surface area contributed by atoms with Crippen molar-refractivity contribution in [1.29, 1.82) is 0 Å². The molecular weight excluding hydrogens is 552 g/mol. The molecule has 0 rings (SSSR count). The number of allylic oxidation sites excluding steroid dienone is 6. The molecule has 0 radical (unpaired) electrons. The number of esters is 2. The van der Waals surface area contributed by atoms with E-state index in [-0.39, 0.29) is 25.6 Å². The molecule has 0 bridgehead atoms. The lowest BCUT2D eigenvalue weighted by molar-refractivity contribution is -0.161. The topological polar surface area (TPSA) is 93.1 Å². The van der Waals surface area contributed by atoms with Gasteiger partial charge in [0.1, 0.15) is 6.61 Å². The average molecular weight is 619 g/mol. The number of aliphatic hydroxyl groups is 2. The van der Waals surface area contributed by atoms with Crippen LogP contribution in [0.15, 0.2) is 48.6 Å². The Morgan fingerprint density at radius 2 is 1.39 bits per heavy atom. The molecule has 0 amide bonds. The molecule has 0 saturated carbocycles. The maximum Gasteiger partial charge on any atom is 0.306 e. The molecule has 0 aliphatic rings. The molecule has 0 aliphatic carbocycles. The van der Waals surface area contributed by atoms with Crippen LogP contribution in [0, 0.1) is 5.92 Å². The molecule has 254 valence electrons. The SMILES string of the molecule is CCCCC/C=C\C[C@H](O)/C=C/C=C\C/C=C\CCCC(=O)O[C@@H](CO)COC(=O)CCCCCCCCCCC(C)CC. The lowest BCUT2D eigenvalue weighted by Crippen LogP contribution is -2.28. The van der Waals surface area contributed by atoms with Gasteiger partial charge in [-0.05, 0) is 50.9 Å². The van der Waals surface area contributed by atoms with Gasteiger partial charge >= 0.3 is 11.9 Å². The fourth-order valence-corrected chi connectivity index (χ4v) is 4.60. The van der Waals surface area contributed by atoms with Gasteiger partial charge in [-0.3, -0.25) is 9.59 Å². The van der Waals surface area contributed by atoms with E-state index in [4.69, 9.17) is 9.47 Å². The summed E-state index contributed by atoms with van der Waals surface area (Å²) in [5.41, 5.74) is 0. The molecule has 6 heteroatoms. The molecule has 3 atom stereocenters. The molecule has 2 N–H and O–H groups in total. The number of rotatable bonds is 30. The second kappa shape index (κ2) is 32.2. The van der Waals surface area contributed by atoms with Gasteiger partial charge in [0.15, 0.2) is 6.10 Å². The van der Waals surface area contributed by atoms with Gasteiger partial charge in [0.05, 0.1) is 12.7 Å². The second-order valence-corrected chi connectivity index (χ2v) is 12.0. The van der Waals surface area contributed by atoms with Gasteiger partial charge in [-0.2, -0.15) is 0 Å². The van der Waals surface area contributed by atoms with Crippen LogP contribution in [0.5, 0.6) is 0 Å². The van der Waals surface area contributed by atoms with Crippen LogP contribution in [-0.2, 0) is 19.1 Å². The van der Waals surface area contributed by atoms with Gasteiger partial charge in [0, 0.05) is 12.8 Å². The summed E-state index contributed by atoms with van der Waals surface area (Å²) in [5.74, 6) is 0.147. The Hall–Kier alpha value is -2.18. The Morgan fingerprint density at radius 1 is 0.727 bits per heavy atom. The highest BCUT2D eigenvalue weighted by Gasteiger charge is 2.16. The zero-order chi connectivity index (χ0) is 32.5. The van der Waals surface area contributed by atoms with Crippen LogP contribution in [0.3, 0.4) is 0 Å². The summed E-state index contributed by atoms with van der Waals surface area (Å²) >= 11 is 0. The van der Waals surface area contributed by atoms with Crippen LogP contribution in [0.4, 0.5) is 0 Å². The Labute approximate surface area is 270 Å². The van der Waals surface area contributed by atoms with Crippen molar-refractivity contribution in [2.45, 2.75) is 161 Å². The van der Waals surface area contributed by atoms with Crippen molar-refractivity contribution < 1.29 is 29.3 Å². The molecule has 0 aromatic rings. The number of hydrogen-bond acceptors (Lipinski definition) is 6. The molecule has 0 heterocycles. The van der Waals surface area contributed by atoms with Crippen LogP contribution < -0.4 is 0 Å². The van der Waals surface area contributed by atoms with E-state index in [1.165, 1.54) is 64.2 Å². The summed E-state index contributed by atoms with van der Waals surface area (Å²) in [7, 11) is 0. The maximum atomic E-state index is 12.1. The number of hydrogen-bond donors (Lipinski definition) is 2.